The number of carbonyl (C=O) groups excluding carboxylic acids is 1. The predicted molar refractivity (Wildman–Crippen MR) is 51.4 cm³/mol. The lowest BCUT2D eigenvalue weighted by molar-refractivity contribution is -0.574. The molecule has 0 saturated heterocycles. The van der Waals surface area contributed by atoms with Gasteiger partial charge in [-0.25, -0.2) is 0 Å². The van der Waals surface area contributed by atoms with Crippen LogP contribution in [0.25, 0.3) is 0 Å². The molecule has 0 saturated carbocycles. The fourth-order valence-corrected chi connectivity index (χ4v) is 0.890. The highest BCUT2D eigenvalue weighted by molar-refractivity contribution is 5.81. The minimum absolute atomic E-state index is 0.0872. The zero-order chi connectivity index (χ0) is 12.3. The Bertz CT molecular complexity index is 319. The van der Waals surface area contributed by atoms with Gasteiger partial charge < -0.3 is 4.74 Å². The van der Waals surface area contributed by atoms with Crippen molar-refractivity contribution in [3.63, 3.8) is 0 Å². The zero-order valence-electron chi connectivity index (χ0n) is 9.23. The molecule has 0 aromatic carbocycles. The zero-order valence-corrected chi connectivity index (χ0v) is 9.23. The molecule has 0 heterocycles. The molecule has 6 heteroatoms. The van der Waals surface area contributed by atoms with Gasteiger partial charge in [0.1, 0.15) is 0 Å². The van der Waals surface area contributed by atoms with Crippen molar-refractivity contribution < 1.29 is 14.5 Å². The topological polar surface area (TPSA) is 93.2 Å². The Labute approximate surface area is 88.0 Å². The van der Waals surface area contributed by atoms with Gasteiger partial charge in [-0.3, -0.25) is 14.9 Å². The van der Waals surface area contributed by atoms with Gasteiger partial charge in [-0.2, -0.15) is 5.26 Å². The first kappa shape index (κ1) is 13.4. The van der Waals surface area contributed by atoms with Crippen molar-refractivity contribution in [3.05, 3.63) is 10.1 Å². The van der Waals surface area contributed by atoms with Crippen molar-refractivity contribution >= 4 is 5.97 Å². The second-order valence-corrected chi connectivity index (χ2v) is 3.77. The second kappa shape index (κ2) is 4.26. The van der Waals surface area contributed by atoms with Crippen LogP contribution in [0.2, 0.25) is 0 Å². The maximum Gasteiger partial charge on any atom is 0.333 e. The summed E-state index contributed by atoms with van der Waals surface area (Å²) in [6.07, 6.45) is 0. The smallest absolute Gasteiger partial charge is 0.333 e. The number of nitrogens with zero attached hydrogens (tertiary/aromatic N) is 2. The van der Waals surface area contributed by atoms with Gasteiger partial charge in [0.05, 0.1) is 12.7 Å². The Hall–Kier alpha value is -1.64. The summed E-state index contributed by atoms with van der Waals surface area (Å²) < 4.78 is 4.67. The van der Waals surface area contributed by atoms with Crippen LogP contribution in [0.3, 0.4) is 0 Å². The molecular formula is C9H14N2O4. The van der Waals surface area contributed by atoms with Gasteiger partial charge in [-0.05, 0) is 13.8 Å². The van der Waals surface area contributed by atoms with Crippen molar-refractivity contribution in [1.29, 1.82) is 5.26 Å². The molecule has 0 rings (SSSR count). The first-order valence-electron chi connectivity index (χ1n) is 4.47. The van der Waals surface area contributed by atoms with E-state index in [4.69, 9.17) is 5.26 Å². The molecule has 0 N–H and O–H groups in total. The lowest BCUT2D eigenvalue weighted by Gasteiger charge is -2.28. The average molecular weight is 214 g/mol. The Kier molecular flexibility index (Phi) is 3.79. The largest absolute Gasteiger partial charge is 0.465 e. The highest BCUT2D eigenvalue weighted by Crippen LogP contribution is 2.34. The lowest BCUT2D eigenvalue weighted by atomic mass is 9.74. The molecule has 0 aliphatic carbocycles. The molecule has 1 unspecified atom stereocenters. The molecule has 0 aliphatic rings. The average Bonchev–Trinajstić information content (AvgIpc) is 2.16. The van der Waals surface area contributed by atoms with Gasteiger partial charge in [0.2, 0.25) is 11.0 Å². The van der Waals surface area contributed by atoms with Crippen molar-refractivity contribution in [2.24, 2.45) is 5.41 Å². The molecule has 0 amide bonds. The molecule has 0 aliphatic heterocycles. The van der Waals surface area contributed by atoms with E-state index in [0.29, 0.717) is 0 Å². The van der Waals surface area contributed by atoms with Crippen LogP contribution in [0.1, 0.15) is 27.7 Å². The minimum atomic E-state index is -1.79. The van der Waals surface area contributed by atoms with Crippen LogP contribution in [-0.4, -0.2) is 23.0 Å². The van der Waals surface area contributed by atoms with Crippen molar-refractivity contribution in [3.8, 4) is 6.07 Å². The molecule has 1 atom stereocenters. The summed E-state index contributed by atoms with van der Waals surface area (Å²) >= 11 is 0. The Morgan fingerprint density at radius 2 is 2.00 bits per heavy atom. The van der Waals surface area contributed by atoms with E-state index in [-0.39, 0.29) is 6.61 Å². The van der Waals surface area contributed by atoms with E-state index in [1.807, 2.05) is 0 Å². The summed E-state index contributed by atoms with van der Waals surface area (Å²) in [5.41, 5.74) is -3.47. The molecular weight excluding hydrogens is 200 g/mol. The monoisotopic (exact) mass is 214 g/mol. The van der Waals surface area contributed by atoms with Gasteiger partial charge in [-0.15, -0.1) is 0 Å². The van der Waals surface area contributed by atoms with Crippen molar-refractivity contribution in [1.82, 2.24) is 0 Å². The number of nitro groups is 1. The lowest BCUT2D eigenvalue weighted by Crippen LogP contribution is -2.52. The molecule has 0 radical (unpaired) electrons. The Balaban J connectivity index is 5.29. The van der Waals surface area contributed by atoms with E-state index in [1.165, 1.54) is 20.8 Å². The molecule has 0 aromatic rings. The molecule has 0 aromatic heterocycles. The van der Waals surface area contributed by atoms with Gasteiger partial charge in [-0.1, -0.05) is 0 Å². The molecule has 84 valence electrons. The van der Waals surface area contributed by atoms with Crippen LogP contribution in [0.4, 0.5) is 0 Å². The van der Waals surface area contributed by atoms with Crippen molar-refractivity contribution in [2.75, 3.05) is 6.61 Å². The summed E-state index contributed by atoms with van der Waals surface area (Å²) in [6, 6.07) is 1.67. The van der Waals surface area contributed by atoms with Gasteiger partial charge in [0.25, 0.3) is 0 Å². The molecule has 0 spiro atoms. The van der Waals surface area contributed by atoms with Crippen LogP contribution in [0.15, 0.2) is 0 Å². The summed E-state index contributed by atoms with van der Waals surface area (Å²) in [4.78, 5) is 21.6. The number of carbonyl (C=O) groups is 1. The van der Waals surface area contributed by atoms with Gasteiger partial charge in [0.15, 0.2) is 0 Å². The highest BCUT2D eigenvalue weighted by atomic mass is 16.6. The van der Waals surface area contributed by atoms with E-state index in [1.54, 1.807) is 13.0 Å². The third-order valence-corrected chi connectivity index (χ3v) is 2.59. The van der Waals surface area contributed by atoms with E-state index in [2.05, 4.69) is 4.74 Å². The third-order valence-electron chi connectivity index (χ3n) is 2.59. The summed E-state index contributed by atoms with van der Waals surface area (Å²) in [5.74, 6) is -0.866. The normalized spacial score (nSPS) is 14.9. The Morgan fingerprint density at radius 1 is 1.53 bits per heavy atom. The number of esters is 1. The number of nitriles is 1. The number of hydrogen-bond donors (Lipinski definition) is 0. The van der Waals surface area contributed by atoms with Crippen LogP contribution in [0.5, 0.6) is 0 Å². The maximum atomic E-state index is 11.5. The van der Waals surface area contributed by atoms with Crippen LogP contribution in [0, 0.1) is 26.9 Å². The van der Waals surface area contributed by atoms with Gasteiger partial charge >= 0.3 is 5.97 Å². The fraction of sp³-hybridized carbons (Fsp3) is 0.778. The molecule has 6 nitrogen and oxygen atoms in total. The standard InChI is InChI=1S/C9H14N2O4/c1-5-15-7(12)9(4,6-10)8(2,3)11(13)14/h5H2,1-4H3. The van der Waals surface area contributed by atoms with E-state index < -0.39 is 21.8 Å². The summed E-state index contributed by atoms with van der Waals surface area (Å²) in [5, 5.41) is 19.7. The van der Waals surface area contributed by atoms with Crippen molar-refractivity contribution in [2.45, 2.75) is 33.2 Å². The maximum absolute atomic E-state index is 11.5. The third kappa shape index (κ3) is 2.06. The predicted octanol–water partition coefficient (Wildman–Crippen LogP) is 1.13. The van der Waals surface area contributed by atoms with Gasteiger partial charge in [0, 0.05) is 18.8 Å². The number of hydrogen-bond acceptors (Lipinski definition) is 5. The first-order chi connectivity index (χ1) is 6.74. The van der Waals surface area contributed by atoms with E-state index in [0.717, 1.165) is 0 Å². The fourth-order valence-electron chi connectivity index (χ4n) is 0.890. The molecule has 15 heavy (non-hydrogen) atoms. The van der Waals surface area contributed by atoms with E-state index in [9.17, 15) is 14.9 Å². The summed E-state index contributed by atoms with van der Waals surface area (Å²) in [6.45, 7) is 5.34. The molecule has 0 bridgehead atoms. The van der Waals surface area contributed by atoms with Crippen LogP contribution < -0.4 is 0 Å². The molecule has 0 fully saturated rings. The van der Waals surface area contributed by atoms with E-state index >= 15 is 0 Å². The number of ether oxygens (including phenoxy) is 1. The number of rotatable bonds is 4. The van der Waals surface area contributed by atoms with Crippen LogP contribution in [-0.2, 0) is 9.53 Å². The Morgan fingerprint density at radius 3 is 2.27 bits per heavy atom. The minimum Gasteiger partial charge on any atom is -0.465 e. The quantitative estimate of drug-likeness (QED) is 0.397. The second-order valence-electron chi connectivity index (χ2n) is 3.77. The first-order valence-corrected chi connectivity index (χ1v) is 4.47. The van der Waals surface area contributed by atoms with Crippen LogP contribution >= 0.6 is 0 Å². The summed E-state index contributed by atoms with van der Waals surface area (Å²) in [7, 11) is 0. The highest BCUT2D eigenvalue weighted by Gasteiger charge is 2.58. The SMILES string of the molecule is CCOC(=O)C(C)(C#N)C(C)(C)[N+](=O)[O-].